The third-order valence-electron chi connectivity index (χ3n) is 10.7. The summed E-state index contributed by atoms with van der Waals surface area (Å²) in [6, 6.07) is 8.75. The van der Waals surface area contributed by atoms with Gasteiger partial charge >= 0.3 is 0 Å². The third kappa shape index (κ3) is 6.89. The molecule has 2 heteroatoms. The SMILES string of the molecule is CCC(C)c1ccc(OC(CCCC(C2CCCCC2)(C2CCCCC2)C2CCCCC2)OC)cc1. The van der Waals surface area contributed by atoms with Crippen molar-refractivity contribution >= 4 is 0 Å². The van der Waals surface area contributed by atoms with Crippen LogP contribution < -0.4 is 4.74 Å². The van der Waals surface area contributed by atoms with Crippen LogP contribution in [0.25, 0.3) is 0 Å². The lowest BCUT2D eigenvalue weighted by molar-refractivity contribution is -0.0787. The third-order valence-corrected chi connectivity index (χ3v) is 10.7. The van der Waals surface area contributed by atoms with Crippen molar-refractivity contribution in [2.75, 3.05) is 7.11 Å². The van der Waals surface area contributed by atoms with E-state index in [2.05, 4.69) is 38.1 Å². The number of benzene rings is 1. The Morgan fingerprint density at radius 1 is 0.750 bits per heavy atom. The molecular weight excluding hydrogens is 440 g/mol. The van der Waals surface area contributed by atoms with Crippen LogP contribution in [0.2, 0.25) is 0 Å². The highest BCUT2D eigenvalue weighted by Crippen LogP contribution is 2.59. The van der Waals surface area contributed by atoms with Crippen molar-refractivity contribution in [3.63, 3.8) is 0 Å². The number of ether oxygens (including phenoxy) is 2. The Labute approximate surface area is 223 Å². The monoisotopic (exact) mass is 496 g/mol. The fourth-order valence-electron chi connectivity index (χ4n) is 8.59. The molecule has 0 aromatic heterocycles. The van der Waals surface area contributed by atoms with Gasteiger partial charge in [0.25, 0.3) is 0 Å². The fraction of sp³-hybridized carbons (Fsp3) is 0.824. The van der Waals surface area contributed by atoms with Crippen molar-refractivity contribution in [2.24, 2.45) is 23.2 Å². The molecule has 1 aromatic rings. The Kier molecular flexibility index (Phi) is 11.1. The van der Waals surface area contributed by atoms with Gasteiger partial charge in [0, 0.05) is 13.5 Å². The highest BCUT2D eigenvalue weighted by atomic mass is 16.7. The first-order valence-corrected chi connectivity index (χ1v) is 16.0. The van der Waals surface area contributed by atoms with Crippen LogP contribution in [-0.2, 0) is 4.74 Å². The van der Waals surface area contributed by atoms with Gasteiger partial charge in [0.05, 0.1) is 0 Å². The molecule has 3 saturated carbocycles. The molecule has 204 valence electrons. The van der Waals surface area contributed by atoms with Crippen LogP contribution in [0.5, 0.6) is 5.75 Å². The second kappa shape index (κ2) is 14.2. The fourth-order valence-corrected chi connectivity index (χ4v) is 8.59. The van der Waals surface area contributed by atoms with Gasteiger partial charge in [0.1, 0.15) is 5.75 Å². The lowest BCUT2D eigenvalue weighted by atomic mass is 9.50. The van der Waals surface area contributed by atoms with Crippen molar-refractivity contribution in [2.45, 2.75) is 148 Å². The molecule has 2 atom stereocenters. The molecule has 2 nitrogen and oxygen atoms in total. The maximum Gasteiger partial charge on any atom is 0.199 e. The van der Waals surface area contributed by atoms with Gasteiger partial charge in [-0.25, -0.2) is 0 Å². The van der Waals surface area contributed by atoms with Crippen LogP contribution in [0.15, 0.2) is 24.3 Å². The van der Waals surface area contributed by atoms with Crippen LogP contribution >= 0.6 is 0 Å². The molecule has 0 spiro atoms. The van der Waals surface area contributed by atoms with Crippen molar-refractivity contribution in [3.05, 3.63) is 29.8 Å². The topological polar surface area (TPSA) is 18.5 Å². The van der Waals surface area contributed by atoms with Crippen molar-refractivity contribution in [3.8, 4) is 5.75 Å². The first-order chi connectivity index (χ1) is 17.7. The van der Waals surface area contributed by atoms with Gasteiger partial charge in [-0.2, -0.15) is 0 Å². The molecule has 0 aliphatic heterocycles. The lowest BCUT2D eigenvalue weighted by Gasteiger charge is -2.55. The van der Waals surface area contributed by atoms with Gasteiger partial charge < -0.3 is 9.47 Å². The minimum Gasteiger partial charge on any atom is -0.465 e. The van der Waals surface area contributed by atoms with Gasteiger partial charge in [-0.1, -0.05) is 83.8 Å². The molecule has 3 aliphatic rings. The molecule has 2 unspecified atom stereocenters. The second-order valence-corrected chi connectivity index (χ2v) is 12.7. The van der Waals surface area contributed by atoms with Crippen molar-refractivity contribution < 1.29 is 9.47 Å². The maximum absolute atomic E-state index is 6.36. The molecule has 0 saturated heterocycles. The van der Waals surface area contributed by atoms with Crippen LogP contribution in [-0.4, -0.2) is 13.4 Å². The zero-order valence-corrected chi connectivity index (χ0v) is 23.9. The second-order valence-electron chi connectivity index (χ2n) is 12.7. The summed E-state index contributed by atoms with van der Waals surface area (Å²) in [4.78, 5) is 0. The summed E-state index contributed by atoms with van der Waals surface area (Å²) < 4.78 is 12.2. The molecule has 0 amide bonds. The smallest absolute Gasteiger partial charge is 0.199 e. The first-order valence-electron chi connectivity index (χ1n) is 16.0. The number of methoxy groups -OCH3 is 1. The molecule has 0 radical (unpaired) electrons. The van der Waals surface area contributed by atoms with E-state index in [-0.39, 0.29) is 6.29 Å². The van der Waals surface area contributed by atoms with E-state index in [4.69, 9.17) is 9.47 Å². The van der Waals surface area contributed by atoms with E-state index in [1.54, 1.807) is 0 Å². The standard InChI is InChI=1S/C34H56O2/c1-4-27(2)28-22-24-32(25-23-28)36-33(35-3)21-14-26-34(29-15-8-5-9-16-29,30-17-10-6-11-18-30)31-19-12-7-13-20-31/h22-25,27,29-31,33H,4-21,26H2,1-3H3. The Morgan fingerprint density at radius 3 is 1.64 bits per heavy atom. The molecule has 0 bridgehead atoms. The van der Waals surface area contributed by atoms with Gasteiger partial charge in [-0.3, -0.25) is 0 Å². The number of rotatable bonds is 12. The molecule has 0 heterocycles. The van der Waals surface area contributed by atoms with Crippen LogP contribution in [0.3, 0.4) is 0 Å². The zero-order chi connectivity index (χ0) is 25.2. The highest BCUT2D eigenvalue weighted by Gasteiger charge is 2.49. The Hall–Kier alpha value is -1.02. The molecule has 0 N–H and O–H groups in total. The molecule has 36 heavy (non-hydrogen) atoms. The Balaban J connectivity index is 1.46. The summed E-state index contributed by atoms with van der Waals surface area (Å²) >= 11 is 0. The predicted molar refractivity (Wildman–Crippen MR) is 153 cm³/mol. The summed E-state index contributed by atoms with van der Waals surface area (Å²) in [5.74, 6) is 4.45. The summed E-state index contributed by atoms with van der Waals surface area (Å²) in [5.41, 5.74) is 1.98. The number of hydrogen-bond acceptors (Lipinski definition) is 2. The van der Waals surface area contributed by atoms with Gasteiger partial charge in [-0.15, -0.1) is 0 Å². The summed E-state index contributed by atoms with van der Waals surface area (Å²) in [5, 5.41) is 0. The minimum absolute atomic E-state index is 0.138. The predicted octanol–water partition coefficient (Wildman–Crippen LogP) is 10.4. The van der Waals surface area contributed by atoms with E-state index in [0.717, 1.165) is 29.9 Å². The van der Waals surface area contributed by atoms with E-state index in [9.17, 15) is 0 Å². The van der Waals surface area contributed by atoms with E-state index in [1.807, 2.05) is 7.11 Å². The quantitative estimate of drug-likeness (QED) is 0.268. The first kappa shape index (κ1) is 28.0. The minimum atomic E-state index is -0.138. The molecule has 1 aromatic carbocycles. The zero-order valence-electron chi connectivity index (χ0n) is 23.9. The normalized spacial score (nSPS) is 22.9. The van der Waals surface area contributed by atoms with Gasteiger partial charge in [0.2, 0.25) is 0 Å². The van der Waals surface area contributed by atoms with E-state index in [0.29, 0.717) is 11.3 Å². The van der Waals surface area contributed by atoms with Gasteiger partial charge in [-0.05, 0) is 105 Å². The van der Waals surface area contributed by atoms with Crippen LogP contribution in [0.4, 0.5) is 0 Å². The van der Waals surface area contributed by atoms with Crippen LogP contribution in [0, 0.1) is 23.2 Å². The van der Waals surface area contributed by atoms with E-state index in [1.165, 1.54) is 121 Å². The lowest BCUT2D eigenvalue weighted by Crippen LogP contribution is -2.47. The van der Waals surface area contributed by atoms with Crippen molar-refractivity contribution in [1.82, 2.24) is 0 Å². The summed E-state index contributed by atoms with van der Waals surface area (Å²) in [6.45, 7) is 4.55. The Bertz CT molecular complexity index is 677. The Morgan fingerprint density at radius 2 is 1.22 bits per heavy atom. The summed E-state index contributed by atoms with van der Waals surface area (Å²) in [7, 11) is 1.83. The van der Waals surface area contributed by atoms with Crippen molar-refractivity contribution in [1.29, 1.82) is 0 Å². The molecule has 4 rings (SSSR count). The van der Waals surface area contributed by atoms with Gasteiger partial charge in [0.15, 0.2) is 6.29 Å². The maximum atomic E-state index is 6.36. The molecule has 3 aliphatic carbocycles. The van der Waals surface area contributed by atoms with E-state index < -0.39 is 0 Å². The molecular formula is C34H56O2. The average molecular weight is 497 g/mol. The van der Waals surface area contributed by atoms with Crippen LogP contribution in [0.1, 0.15) is 147 Å². The van der Waals surface area contributed by atoms with E-state index >= 15 is 0 Å². The average Bonchev–Trinajstić information content (AvgIpc) is 2.96. The largest absolute Gasteiger partial charge is 0.465 e. The summed E-state index contributed by atoms with van der Waals surface area (Å²) in [6.07, 6.45) is 26.9. The molecule has 3 fully saturated rings. The highest BCUT2D eigenvalue weighted by molar-refractivity contribution is 5.29. The number of hydrogen-bond donors (Lipinski definition) is 0.